The predicted octanol–water partition coefficient (Wildman–Crippen LogP) is 3.85. The van der Waals surface area contributed by atoms with Gasteiger partial charge in [-0.1, -0.05) is 48.8 Å². The van der Waals surface area contributed by atoms with Gasteiger partial charge in [0.1, 0.15) is 6.04 Å². The highest BCUT2D eigenvalue weighted by atomic mass is 35.5. The molecular formula is C18H20Cl2N4O2S. The van der Waals surface area contributed by atoms with Crippen molar-refractivity contribution < 1.29 is 9.53 Å². The molecule has 1 atom stereocenters. The van der Waals surface area contributed by atoms with E-state index in [0.717, 1.165) is 36.1 Å². The molecular weight excluding hydrogens is 407 g/mol. The molecule has 0 aromatic carbocycles. The van der Waals surface area contributed by atoms with Gasteiger partial charge in [-0.3, -0.25) is 4.98 Å². The monoisotopic (exact) mass is 426 g/mol. The number of carbonyl (C=O) groups is 1. The fourth-order valence-electron chi connectivity index (χ4n) is 2.67. The van der Waals surface area contributed by atoms with Crippen LogP contribution in [0, 0.1) is 5.92 Å². The number of hydrogen-bond acceptors (Lipinski definition) is 7. The lowest BCUT2D eigenvalue weighted by atomic mass is 10.1. The number of aromatic nitrogens is 3. The summed E-state index contributed by atoms with van der Waals surface area (Å²) >= 11 is 13.7. The summed E-state index contributed by atoms with van der Waals surface area (Å²) in [6.07, 6.45) is 5.69. The van der Waals surface area contributed by atoms with Gasteiger partial charge in [0, 0.05) is 29.3 Å². The highest BCUT2D eigenvalue weighted by molar-refractivity contribution is 7.98. The smallest absolute Gasteiger partial charge is 0.329 e. The molecule has 0 spiro atoms. The molecule has 0 saturated carbocycles. The van der Waals surface area contributed by atoms with E-state index in [-0.39, 0.29) is 5.92 Å². The van der Waals surface area contributed by atoms with Crippen LogP contribution in [-0.2, 0) is 23.4 Å². The minimum Gasteiger partial charge on any atom is -0.406 e. The second kappa shape index (κ2) is 8.73. The summed E-state index contributed by atoms with van der Waals surface area (Å²) in [5.74, 6) is 0.303. The van der Waals surface area contributed by atoms with Crippen molar-refractivity contribution in [2.45, 2.75) is 50.1 Å². The first-order valence-corrected chi connectivity index (χ1v) is 10.4. The van der Waals surface area contributed by atoms with Crippen molar-refractivity contribution in [2.24, 2.45) is 11.7 Å². The van der Waals surface area contributed by atoms with Gasteiger partial charge >= 0.3 is 5.97 Å². The summed E-state index contributed by atoms with van der Waals surface area (Å²) < 4.78 is 5.53. The zero-order valence-corrected chi connectivity index (χ0v) is 17.4. The third-order valence-corrected chi connectivity index (χ3v) is 5.89. The quantitative estimate of drug-likeness (QED) is 0.425. The first-order chi connectivity index (χ1) is 12.9. The SMILES string of the molecule is CC(C)[C@H](N)C(=O)Oc1nc(SCc2c(Cl)cncc2Cl)nc2c1CCC2. The molecule has 1 aliphatic carbocycles. The molecule has 0 unspecified atom stereocenters. The van der Waals surface area contributed by atoms with Crippen LogP contribution >= 0.6 is 35.0 Å². The Morgan fingerprint density at radius 1 is 1.26 bits per heavy atom. The molecule has 2 aromatic heterocycles. The van der Waals surface area contributed by atoms with E-state index in [0.29, 0.717) is 26.8 Å². The lowest BCUT2D eigenvalue weighted by molar-refractivity contribution is -0.137. The number of fused-ring (bicyclic) bond motifs is 1. The summed E-state index contributed by atoms with van der Waals surface area (Å²) in [5.41, 5.74) is 8.48. The van der Waals surface area contributed by atoms with Crippen molar-refractivity contribution in [3.05, 3.63) is 39.3 Å². The molecule has 3 rings (SSSR count). The van der Waals surface area contributed by atoms with Crippen molar-refractivity contribution in [3.8, 4) is 5.88 Å². The van der Waals surface area contributed by atoms with Crippen LogP contribution in [0.15, 0.2) is 17.6 Å². The van der Waals surface area contributed by atoms with Crippen LogP contribution in [-0.4, -0.2) is 27.0 Å². The number of nitrogens with zero attached hydrogens (tertiary/aromatic N) is 3. The van der Waals surface area contributed by atoms with Crippen LogP contribution in [0.5, 0.6) is 5.88 Å². The first-order valence-electron chi connectivity index (χ1n) is 8.64. The number of aryl methyl sites for hydroxylation is 1. The van der Waals surface area contributed by atoms with Crippen LogP contribution in [0.2, 0.25) is 10.0 Å². The van der Waals surface area contributed by atoms with Gasteiger partial charge in [0.15, 0.2) is 5.16 Å². The summed E-state index contributed by atoms with van der Waals surface area (Å²) in [6.45, 7) is 3.75. The second-order valence-electron chi connectivity index (χ2n) is 6.65. The van der Waals surface area contributed by atoms with Crippen LogP contribution in [0.1, 0.15) is 37.1 Å². The second-order valence-corrected chi connectivity index (χ2v) is 8.41. The van der Waals surface area contributed by atoms with Crippen molar-refractivity contribution >= 4 is 40.9 Å². The summed E-state index contributed by atoms with van der Waals surface area (Å²) in [6, 6.07) is -0.692. The van der Waals surface area contributed by atoms with Crippen molar-refractivity contribution in [2.75, 3.05) is 0 Å². The van der Waals surface area contributed by atoms with Gasteiger partial charge in [0.2, 0.25) is 5.88 Å². The van der Waals surface area contributed by atoms with E-state index in [1.807, 2.05) is 13.8 Å². The Morgan fingerprint density at radius 3 is 2.63 bits per heavy atom. The Labute approximate surface area is 172 Å². The van der Waals surface area contributed by atoms with Gasteiger partial charge < -0.3 is 10.5 Å². The number of esters is 1. The molecule has 2 aromatic rings. The number of carbonyl (C=O) groups excluding carboxylic acids is 1. The maximum Gasteiger partial charge on any atom is 0.329 e. The maximum absolute atomic E-state index is 12.3. The molecule has 6 nitrogen and oxygen atoms in total. The topological polar surface area (TPSA) is 91.0 Å². The fraction of sp³-hybridized carbons (Fsp3) is 0.444. The van der Waals surface area contributed by atoms with Gasteiger partial charge in [-0.2, -0.15) is 4.98 Å². The van der Waals surface area contributed by atoms with Crippen molar-refractivity contribution in [3.63, 3.8) is 0 Å². The minimum absolute atomic E-state index is 0.0165. The zero-order valence-electron chi connectivity index (χ0n) is 15.0. The Balaban J connectivity index is 1.82. The molecule has 0 radical (unpaired) electrons. The van der Waals surface area contributed by atoms with Crippen LogP contribution in [0.3, 0.4) is 0 Å². The van der Waals surface area contributed by atoms with Crippen LogP contribution in [0.4, 0.5) is 0 Å². The molecule has 2 N–H and O–H groups in total. The molecule has 0 fully saturated rings. The number of pyridine rings is 1. The average molecular weight is 427 g/mol. The largest absolute Gasteiger partial charge is 0.406 e. The average Bonchev–Trinajstić information content (AvgIpc) is 3.09. The number of rotatable bonds is 6. The van der Waals surface area contributed by atoms with Gasteiger partial charge in [-0.05, 0) is 25.2 Å². The van der Waals surface area contributed by atoms with E-state index in [4.69, 9.17) is 33.7 Å². The molecule has 2 heterocycles. The number of ether oxygens (including phenoxy) is 1. The molecule has 144 valence electrons. The van der Waals surface area contributed by atoms with Crippen LogP contribution in [0.25, 0.3) is 0 Å². The lowest BCUT2D eigenvalue weighted by Gasteiger charge is -2.15. The van der Waals surface area contributed by atoms with Gasteiger partial charge in [-0.25, -0.2) is 9.78 Å². The molecule has 0 amide bonds. The highest BCUT2D eigenvalue weighted by Gasteiger charge is 2.26. The maximum atomic E-state index is 12.3. The minimum atomic E-state index is -0.692. The van der Waals surface area contributed by atoms with Gasteiger partial charge in [-0.15, -0.1) is 0 Å². The van der Waals surface area contributed by atoms with E-state index in [9.17, 15) is 4.79 Å². The molecule has 1 aliphatic rings. The molecule has 0 aliphatic heterocycles. The third-order valence-electron chi connectivity index (χ3n) is 4.36. The van der Waals surface area contributed by atoms with E-state index >= 15 is 0 Å². The van der Waals surface area contributed by atoms with Crippen molar-refractivity contribution in [1.82, 2.24) is 15.0 Å². The number of halogens is 2. The molecule has 27 heavy (non-hydrogen) atoms. The Hall–Kier alpha value is -1.41. The van der Waals surface area contributed by atoms with Gasteiger partial charge in [0.05, 0.1) is 15.7 Å². The number of hydrogen-bond donors (Lipinski definition) is 1. The molecule has 9 heteroatoms. The number of nitrogens with two attached hydrogens (primary N) is 1. The van der Waals surface area contributed by atoms with E-state index in [1.54, 1.807) is 12.4 Å². The third kappa shape index (κ3) is 4.71. The van der Waals surface area contributed by atoms with E-state index in [1.165, 1.54) is 11.8 Å². The summed E-state index contributed by atoms with van der Waals surface area (Å²) in [7, 11) is 0. The Morgan fingerprint density at radius 2 is 1.96 bits per heavy atom. The van der Waals surface area contributed by atoms with Gasteiger partial charge in [0.25, 0.3) is 0 Å². The highest BCUT2D eigenvalue weighted by Crippen LogP contribution is 2.34. The summed E-state index contributed by atoms with van der Waals surface area (Å²) in [4.78, 5) is 25.3. The fourth-order valence-corrected chi connectivity index (χ4v) is 4.24. The Bertz CT molecular complexity index is 843. The lowest BCUT2D eigenvalue weighted by Crippen LogP contribution is -2.39. The van der Waals surface area contributed by atoms with E-state index < -0.39 is 12.0 Å². The molecule has 0 saturated heterocycles. The first kappa shape index (κ1) is 20.3. The molecule has 0 bridgehead atoms. The zero-order chi connectivity index (χ0) is 19.6. The predicted molar refractivity (Wildman–Crippen MR) is 106 cm³/mol. The number of thioether (sulfide) groups is 1. The van der Waals surface area contributed by atoms with Crippen LogP contribution < -0.4 is 10.5 Å². The van der Waals surface area contributed by atoms with E-state index in [2.05, 4.69) is 15.0 Å². The standard InChI is InChI=1S/C18H20Cl2N4O2S/c1-9(2)15(21)17(25)26-16-10-4-3-5-14(10)23-18(24-16)27-8-11-12(19)6-22-7-13(11)20/h6-7,9,15H,3-5,8,21H2,1-2H3/t15-/m0/s1. The van der Waals surface area contributed by atoms with Crippen molar-refractivity contribution in [1.29, 1.82) is 0 Å². The normalized spacial score (nSPS) is 14.3. The Kier molecular flexibility index (Phi) is 6.57. The summed E-state index contributed by atoms with van der Waals surface area (Å²) in [5, 5.41) is 1.50.